The molecule has 0 aliphatic rings. The van der Waals surface area contributed by atoms with E-state index in [-0.39, 0.29) is 15.6 Å². The van der Waals surface area contributed by atoms with Crippen molar-refractivity contribution in [2.75, 3.05) is 0 Å². The first-order valence-corrected chi connectivity index (χ1v) is 6.50. The minimum atomic E-state index is -0.937. The summed E-state index contributed by atoms with van der Waals surface area (Å²) in [6.07, 6.45) is 0. The van der Waals surface area contributed by atoms with E-state index < -0.39 is 37.2 Å². The Kier molecular flexibility index (Phi) is 4.32. The van der Waals surface area contributed by atoms with Gasteiger partial charge in [0, 0.05) is 5.41 Å². The molecule has 0 unspecified atom stereocenters. The van der Waals surface area contributed by atoms with Gasteiger partial charge in [-0.3, -0.25) is 30.3 Å². The van der Waals surface area contributed by atoms with Crippen LogP contribution in [0.25, 0.3) is 0 Å². The monoisotopic (exact) mass is 361 g/mol. The van der Waals surface area contributed by atoms with Gasteiger partial charge in [-0.1, -0.05) is 20.8 Å². The first-order chi connectivity index (χ1) is 9.41. The quantitative estimate of drug-likeness (QED) is 0.594. The average molecular weight is 362 g/mol. The summed E-state index contributed by atoms with van der Waals surface area (Å²) in [5.41, 5.74) is -3.20. The fourth-order valence-corrected chi connectivity index (χ4v) is 2.91. The molecule has 0 aromatic heterocycles. The van der Waals surface area contributed by atoms with E-state index in [0.717, 1.165) is 0 Å². The van der Waals surface area contributed by atoms with Gasteiger partial charge in [-0.25, -0.2) is 0 Å². The highest BCUT2D eigenvalue weighted by molar-refractivity contribution is 9.10. The Morgan fingerprint density at radius 1 is 0.857 bits per heavy atom. The third kappa shape index (κ3) is 2.84. The standard InChI is InChI=1S/C11H12BrN3O6/c1-5-8(13(16)17)6(11(2,3)4)10(15(20)21)7(12)9(5)14(18)19/h1-4H3. The normalized spacial score (nSPS) is 11.3. The fourth-order valence-electron chi connectivity index (χ4n) is 2.13. The Morgan fingerprint density at radius 2 is 1.24 bits per heavy atom. The van der Waals surface area contributed by atoms with Crippen LogP contribution < -0.4 is 0 Å². The zero-order chi connectivity index (χ0) is 16.7. The highest BCUT2D eigenvalue weighted by atomic mass is 79.9. The first-order valence-electron chi connectivity index (χ1n) is 5.71. The summed E-state index contributed by atoms with van der Waals surface area (Å²) in [7, 11) is 0. The van der Waals surface area contributed by atoms with Gasteiger partial charge >= 0.3 is 5.69 Å². The van der Waals surface area contributed by atoms with Crippen molar-refractivity contribution in [3.05, 3.63) is 45.9 Å². The van der Waals surface area contributed by atoms with Crippen LogP contribution in [-0.4, -0.2) is 14.8 Å². The summed E-state index contributed by atoms with van der Waals surface area (Å²) in [5, 5.41) is 33.7. The van der Waals surface area contributed by atoms with Crippen LogP contribution in [0.2, 0.25) is 0 Å². The van der Waals surface area contributed by atoms with E-state index in [1.807, 2.05) is 0 Å². The highest BCUT2D eigenvalue weighted by Gasteiger charge is 2.43. The summed E-state index contributed by atoms with van der Waals surface area (Å²) in [5.74, 6) is 0. The summed E-state index contributed by atoms with van der Waals surface area (Å²) >= 11 is 2.85. The molecule has 1 aromatic rings. The van der Waals surface area contributed by atoms with Crippen molar-refractivity contribution in [3.63, 3.8) is 0 Å². The van der Waals surface area contributed by atoms with Gasteiger partial charge in [0.25, 0.3) is 11.4 Å². The third-order valence-corrected chi connectivity index (χ3v) is 3.65. The second-order valence-electron chi connectivity index (χ2n) is 5.38. The molecule has 0 radical (unpaired) electrons. The molecular weight excluding hydrogens is 350 g/mol. The lowest BCUT2D eigenvalue weighted by Gasteiger charge is -2.20. The van der Waals surface area contributed by atoms with Gasteiger partial charge < -0.3 is 0 Å². The van der Waals surface area contributed by atoms with Crippen molar-refractivity contribution in [2.45, 2.75) is 33.1 Å². The zero-order valence-electron chi connectivity index (χ0n) is 11.7. The highest BCUT2D eigenvalue weighted by Crippen LogP contribution is 2.49. The largest absolute Gasteiger partial charge is 0.301 e. The van der Waals surface area contributed by atoms with Crippen molar-refractivity contribution in [1.82, 2.24) is 0 Å². The number of nitrogens with zero attached hydrogens (tertiary/aromatic N) is 3. The SMILES string of the molecule is Cc1c([N+](=O)[O-])c(Br)c([N+](=O)[O-])c(C(C)(C)C)c1[N+](=O)[O-]. The van der Waals surface area contributed by atoms with E-state index in [2.05, 4.69) is 15.9 Å². The minimum Gasteiger partial charge on any atom is -0.258 e. The number of hydrogen-bond acceptors (Lipinski definition) is 6. The Morgan fingerprint density at radius 3 is 1.52 bits per heavy atom. The van der Waals surface area contributed by atoms with Gasteiger partial charge in [-0.15, -0.1) is 0 Å². The topological polar surface area (TPSA) is 129 Å². The van der Waals surface area contributed by atoms with Crippen molar-refractivity contribution >= 4 is 33.0 Å². The van der Waals surface area contributed by atoms with Gasteiger partial charge in [0.2, 0.25) is 0 Å². The van der Waals surface area contributed by atoms with Gasteiger partial charge in [0.15, 0.2) is 4.47 Å². The van der Waals surface area contributed by atoms with E-state index in [4.69, 9.17) is 0 Å². The molecule has 0 aliphatic heterocycles. The Bertz CT molecular complexity index is 624. The molecule has 0 saturated heterocycles. The van der Waals surface area contributed by atoms with Crippen LogP contribution in [0.5, 0.6) is 0 Å². The Hall–Kier alpha value is -2.10. The maximum atomic E-state index is 11.3. The summed E-state index contributed by atoms with van der Waals surface area (Å²) in [4.78, 5) is 31.1. The van der Waals surface area contributed by atoms with Crippen LogP contribution in [0, 0.1) is 37.3 Å². The number of rotatable bonds is 3. The number of nitro benzene ring substituents is 3. The van der Waals surface area contributed by atoms with Crippen LogP contribution >= 0.6 is 15.9 Å². The molecule has 0 aliphatic carbocycles. The molecule has 21 heavy (non-hydrogen) atoms. The molecule has 10 heteroatoms. The third-order valence-electron chi connectivity index (χ3n) is 2.90. The zero-order valence-corrected chi connectivity index (χ0v) is 13.3. The molecule has 1 rings (SSSR count). The molecular formula is C11H12BrN3O6. The van der Waals surface area contributed by atoms with Crippen LogP contribution in [0.4, 0.5) is 17.1 Å². The molecule has 0 fully saturated rings. The number of halogens is 1. The van der Waals surface area contributed by atoms with Gasteiger partial charge in [-0.05, 0) is 22.9 Å². The number of nitro groups is 3. The maximum Gasteiger partial charge on any atom is 0.301 e. The molecule has 0 amide bonds. The minimum absolute atomic E-state index is 0.146. The number of hydrogen-bond donors (Lipinski definition) is 0. The van der Waals surface area contributed by atoms with Gasteiger partial charge in [-0.2, -0.15) is 0 Å². The summed E-state index contributed by atoms with van der Waals surface area (Å²) < 4.78 is -0.356. The smallest absolute Gasteiger partial charge is 0.258 e. The van der Waals surface area contributed by atoms with Gasteiger partial charge in [0.1, 0.15) is 11.1 Å². The lowest BCUT2D eigenvalue weighted by atomic mass is 9.83. The van der Waals surface area contributed by atoms with Crippen molar-refractivity contribution in [3.8, 4) is 0 Å². The second-order valence-corrected chi connectivity index (χ2v) is 6.17. The molecule has 9 nitrogen and oxygen atoms in total. The van der Waals surface area contributed by atoms with E-state index in [1.54, 1.807) is 20.8 Å². The molecule has 0 atom stereocenters. The lowest BCUT2D eigenvalue weighted by Crippen LogP contribution is -2.18. The Balaban J connectivity index is 4.17. The molecule has 0 bridgehead atoms. The second kappa shape index (κ2) is 5.35. The van der Waals surface area contributed by atoms with E-state index in [0.29, 0.717) is 0 Å². The van der Waals surface area contributed by atoms with Crippen LogP contribution in [-0.2, 0) is 5.41 Å². The summed E-state index contributed by atoms with van der Waals surface area (Å²) in [6.45, 7) is 5.92. The van der Waals surface area contributed by atoms with Crippen molar-refractivity contribution in [2.24, 2.45) is 0 Å². The van der Waals surface area contributed by atoms with Crippen molar-refractivity contribution in [1.29, 1.82) is 0 Å². The molecule has 0 spiro atoms. The molecule has 0 heterocycles. The molecule has 0 saturated carbocycles. The van der Waals surface area contributed by atoms with E-state index in [1.165, 1.54) is 6.92 Å². The van der Waals surface area contributed by atoms with E-state index in [9.17, 15) is 30.3 Å². The summed E-state index contributed by atoms with van der Waals surface area (Å²) in [6, 6.07) is 0. The van der Waals surface area contributed by atoms with Crippen LogP contribution in [0.3, 0.4) is 0 Å². The maximum absolute atomic E-state index is 11.3. The predicted octanol–water partition coefficient (Wildman–Crippen LogP) is 3.78. The lowest BCUT2D eigenvalue weighted by molar-refractivity contribution is -0.406. The molecule has 1 aromatic carbocycles. The fraction of sp³-hybridized carbons (Fsp3) is 0.455. The molecule has 114 valence electrons. The van der Waals surface area contributed by atoms with E-state index >= 15 is 0 Å². The van der Waals surface area contributed by atoms with Crippen molar-refractivity contribution < 1.29 is 14.8 Å². The predicted molar refractivity (Wildman–Crippen MR) is 77.5 cm³/mol. The number of benzene rings is 1. The van der Waals surface area contributed by atoms with Crippen LogP contribution in [0.15, 0.2) is 4.47 Å². The first kappa shape index (κ1) is 17.0. The average Bonchev–Trinajstić information content (AvgIpc) is 2.24. The van der Waals surface area contributed by atoms with Gasteiger partial charge in [0.05, 0.1) is 14.8 Å². The Labute approximate surface area is 127 Å². The molecule has 0 N–H and O–H groups in total. The van der Waals surface area contributed by atoms with Crippen LogP contribution in [0.1, 0.15) is 31.9 Å².